The number of fused-ring (bicyclic) bond motifs is 1. The van der Waals surface area contributed by atoms with Gasteiger partial charge < -0.3 is 14.4 Å². The first-order valence-electron chi connectivity index (χ1n) is 5.49. The highest BCUT2D eigenvalue weighted by molar-refractivity contribution is 6.02. The van der Waals surface area contributed by atoms with Gasteiger partial charge in [0.15, 0.2) is 0 Å². The van der Waals surface area contributed by atoms with E-state index in [1.165, 1.54) is 6.07 Å². The van der Waals surface area contributed by atoms with E-state index >= 15 is 0 Å². The quantitative estimate of drug-likeness (QED) is 0.879. The number of hydrogen-bond acceptors (Lipinski definition) is 3. The number of nitrogens with zero attached hydrogens (tertiary/aromatic N) is 2. The third-order valence-corrected chi connectivity index (χ3v) is 3.07. The Morgan fingerprint density at radius 3 is 2.88 bits per heavy atom. The fourth-order valence-corrected chi connectivity index (χ4v) is 2.09. The first kappa shape index (κ1) is 10.1. The smallest absolute Gasteiger partial charge is 0.337 e. The normalized spacial score (nSPS) is 15.1. The van der Waals surface area contributed by atoms with Crippen LogP contribution in [0.5, 0.6) is 5.75 Å². The van der Waals surface area contributed by atoms with E-state index in [4.69, 9.17) is 9.84 Å². The van der Waals surface area contributed by atoms with Crippen LogP contribution in [0.25, 0.3) is 11.0 Å². The van der Waals surface area contributed by atoms with Gasteiger partial charge in [0.05, 0.1) is 19.0 Å². The third kappa shape index (κ3) is 1.46. The molecule has 0 saturated heterocycles. The van der Waals surface area contributed by atoms with Crippen molar-refractivity contribution >= 4 is 17.0 Å². The van der Waals surface area contributed by atoms with E-state index < -0.39 is 5.97 Å². The molecule has 0 amide bonds. The van der Waals surface area contributed by atoms with E-state index in [1.807, 2.05) is 4.57 Å². The number of carboxylic acids is 1. The lowest BCUT2D eigenvalue weighted by molar-refractivity contribution is 0.0699. The molecule has 1 aliphatic carbocycles. The molecule has 1 aliphatic rings. The van der Waals surface area contributed by atoms with E-state index in [2.05, 4.69) is 4.98 Å². The van der Waals surface area contributed by atoms with Crippen LogP contribution in [0.4, 0.5) is 0 Å². The van der Waals surface area contributed by atoms with Crippen molar-refractivity contribution in [2.75, 3.05) is 7.11 Å². The summed E-state index contributed by atoms with van der Waals surface area (Å²) in [6.07, 6.45) is 3.94. The summed E-state index contributed by atoms with van der Waals surface area (Å²) < 4.78 is 7.30. The monoisotopic (exact) mass is 232 g/mol. The maximum atomic E-state index is 11.1. The second kappa shape index (κ2) is 3.48. The highest BCUT2D eigenvalue weighted by Gasteiger charge is 2.27. The number of rotatable bonds is 3. The summed E-state index contributed by atoms with van der Waals surface area (Å²) in [4.78, 5) is 15.3. The molecular formula is C12H12N2O3. The maximum Gasteiger partial charge on any atom is 0.337 e. The summed E-state index contributed by atoms with van der Waals surface area (Å²) in [6, 6.07) is 3.66. The molecule has 0 unspecified atom stereocenters. The van der Waals surface area contributed by atoms with Gasteiger partial charge in [-0.1, -0.05) is 0 Å². The number of methoxy groups -OCH3 is 1. The zero-order valence-electron chi connectivity index (χ0n) is 9.38. The molecule has 0 radical (unpaired) electrons. The minimum absolute atomic E-state index is 0.222. The highest BCUT2D eigenvalue weighted by Crippen LogP contribution is 2.40. The molecule has 1 N–H and O–H groups in total. The van der Waals surface area contributed by atoms with Gasteiger partial charge in [0.2, 0.25) is 0 Å². The molecule has 17 heavy (non-hydrogen) atoms. The predicted molar refractivity (Wildman–Crippen MR) is 61.5 cm³/mol. The van der Waals surface area contributed by atoms with E-state index in [0.717, 1.165) is 18.4 Å². The van der Waals surface area contributed by atoms with Gasteiger partial charge in [-0.3, -0.25) is 0 Å². The second-order valence-electron chi connectivity index (χ2n) is 4.20. The van der Waals surface area contributed by atoms with E-state index in [9.17, 15) is 4.79 Å². The van der Waals surface area contributed by atoms with Gasteiger partial charge >= 0.3 is 5.97 Å². The molecule has 88 valence electrons. The lowest BCUT2D eigenvalue weighted by Crippen LogP contribution is -2.00. The molecule has 1 aromatic heterocycles. The molecule has 1 aromatic carbocycles. The van der Waals surface area contributed by atoms with Crippen molar-refractivity contribution in [3.8, 4) is 5.75 Å². The van der Waals surface area contributed by atoms with Crippen molar-refractivity contribution in [1.82, 2.24) is 9.55 Å². The number of aromatic carboxylic acids is 1. The first-order valence-corrected chi connectivity index (χ1v) is 5.49. The SMILES string of the molecule is COc1ccc(C(=O)O)c2ncn(C3CC3)c12. The standard InChI is InChI=1S/C12H12N2O3/c1-17-9-5-4-8(12(15)16)10-11(9)14(6-13-10)7-2-3-7/h4-7H,2-3H2,1H3,(H,15,16). The van der Waals surface area contributed by atoms with Crippen LogP contribution in [0.3, 0.4) is 0 Å². The number of aromatic nitrogens is 2. The number of carbonyl (C=O) groups is 1. The zero-order chi connectivity index (χ0) is 12.0. The minimum Gasteiger partial charge on any atom is -0.494 e. The Bertz CT molecular complexity index is 599. The Hall–Kier alpha value is -2.04. The molecule has 0 spiro atoms. The molecule has 0 aliphatic heterocycles. The summed E-state index contributed by atoms with van der Waals surface area (Å²) >= 11 is 0. The van der Waals surface area contributed by atoms with Crippen molar-refractivity contribution in [1.29, 1.82) is 0 Å². The lowest BCUT2D eigenvalue weighted by atomic mass is 10.1. The van der Waals surface area contributed by atoms with E-state index in [-0.39, 0.29) is 5.56 Å². The van der Waals surface area contributed by atoms with Crippen molar-refractivity contribution < 1.29 is 14.6 Å². The molecule has 1 heterocycles. The minimum atomic E-state index is -0.960. The van der Waals surface area contributed by atoms with Crippen LogP contribution in [0.1, 0.15) is 29.2 Å². The number of ether oxygens (including phenoxy) is 1. The number of hydrogen-bond donors (Lipinski definition) is 1. The Balaban J connectivity index is 2.32. The van der Waals surface area contributed by atoms with Crippen LogP contribution < -0.4 is 4.74 Å². The summed E-state index contributed by atoms with van der Waals surface area (Å²) in [6.45, 7) is 0. The van der Waals surface area contributed by atoms with E-state index in [1.54, 1.807) is 19.5 Å². The van der Waals surface area contributed by atoms with Gasteiger partial charge in [0.1, 0.15) is 16.8 Å². The van der Waals surface area contributed by atoms with Gasteiger partial charge in [-0.05, 0) is 25.0 Å². The van der Waals surface area contributed by atoms with Gasteiger partial charge in [-0.15, -0.1) is 0 Å². The molecule has 0 atom stereocenters. The van der Waals surface area contributed by atoms with Crippen molar-refractivity contribution in [2.45, 2.75) is 18.9 Å². The van der Waals surface area contributed by atoms with Crippen LogP contribution in [-0.2, 0) is 0 Å². The van der Waals surface area contributed by atoms with E-state index in [0.29, 0.717) is 17.3 Å². The van der Waals surface area contributed by atoms with Gasteiger partial charge in [-0.2, -0.15) is 0 Å². The first-order chi connectivity index (χ1) is 8.22. The maximum absolute atomic E-state index is 11.1. The largest absolute Gasteiger partial charge is 0.494 e. The molecule has 1 fully saturated rings. The Morgan fingerprint density at radius 2 is 2.29 bits per heavy atom. The molecule has 1 saturated carbocycles. The molecule has 5 heteroatoms. The third-order valence-electron chi connectivity index (χ3n) is 3.07. The van der Waals surface area contributed by atoms with Crippen molar-refractivity contribution in [2.24, 2.45) is 0 Å². The number of benzene rings is 1. The highest BCUT2D eigenvalue weighted by atomic mass is 16.5. The fourth-order valence-electron chi connectivity index (χ4n) is 2.09. The lowest BCUT2D eigenvalue weighted by Gasteiger charge is -2.07. The second-order valence-corrected chi connectivity index (χ2v) is 4.20. The molecule has 5 nitrogen and oxygen atoms in total. The summed E-state index contributed by atoms with van der Waals surface area (Å²) in [7, 11) is 1.58. The van der Waals surface area contributed by atoms with Gasteiger partial charge in [0.25, 0.3) is 0 Å². The number of carboxylic acid groups (broad SMARTS) is 1. The molecule has 3 rings (SSSR count). The Kier molecular flexibility index (Phi) is 2.07. The van der Waals surface area contributed by atoms with Crippen LogP contribution in [0, 0.1) is 0 Å². The molecular weight excluding hydrogens is 220 g/mol. The van der Waals surface area contributed by atoms with Crippen LogP contribution in [0.15, 0.2) is 18.5 Å². The Morgan fingerprint density at radius 1 is 1.53 bits per heavy atom. The molecule has 0 bridgehead atoms. The topological polar surface area (TPSA) is 64.3 Å². The van der Waals surface area contributed by atoms with Crippen LogP contribution in [-0.4, -0.2) is 27.7 Å². The summed E-state index contributed by atoms with van der Waals surface area (Å²) in [5.74, 6) is -0.284. The Labute approximate surface area is 97.6 Å². The predicted octanol–water partition coefficient (Wildman–Crippen LogP) is 2.08. The van der Waals surface area contributed by atoms with Crippen LogP contribution in [0.2, 0.25) is 0 Å². The van der Waals surface area contributed by atoms with Gasteiger partial charge in [-0.25, -0.2) is 9.78 Å². The average molecular weight is 232 g/mol. The van der Waals surface area contributed by atoms with Crippen molar-refractivity contribution in [3.05, 3.63) is 24.0 Å². The van der Waals surface area contributed by atoms with Crippen LogP contribution >= 0.6 is 0 Å². The van der Waals surface area contributed by atoms with Crippen molar-refractivity contribution in [3.63, 3.8) is 0 Å². The number of imidazole rings is 1. The average Bonchev–Trinajstić information content (AvgIpc) is 3.07. The van der Waals surface area contributed by atoms with Gasteiger partial charge in [0, 0.05) is 6.04 Å². The fraction of sp³-hybridized carbons (Fsp3) is 0.333. The molecule has 2 aromatic rings. The summed E-state index contributed by atoms with van der Waals surface area (Å²) in [5, 5.41) is 9.12. The summed E-state index contributed by atoms with van der Waals surface area (Å²) in [5.41, 5.74) is 1.51. The zero-order valence-corrected chi connectivity index (χ0v) is 9.38.